The highest BCUT2D eigenvalue weighted by Crippen LogP contribution is 2.25. The van der Waals surface area contributed by atoms with Crippen LogP contribution in [0.4, 0.5) is 0 Å². The van der Waals surface area contributed by atoms with Gasteiger partial charge in [-0.2, -0.15) is 0 Å². The zero-order valence-electron chi connectivity index (χ0n) is 16.9. The molecule has 0 bridgehead atoms. The number of tetrazole rings is 1. The van der Waals surface area contributed by atoms with Gasteiger partial charge in [-0.3, -0.25) is 0 Å². The molecule has 0 radical (unpaired) electrons. The summed E-state index contributed by atoms with van der Waals surface area (Å²) in [5.41, 5.74) is 3.62. The molecule has 3 aromatic rings. The van der Waals surface area contributed by atoms with E-state index >= 15 is 0 Å². The fourth-order valence-electron chi connectivity index (χ4n) is 3.87. The van der Waals surface area contributed by atoms with Gasteiger partial charge >= 0.3 is 0 Å². The van der Waals surface area contributed by atoms with Crippen LogP contribution in [0.15, 0.2) is 54.9 Å². The minimum absolute atomic E-state index is 0. The molecule has 30 heavy (non-hydrogen) atoms. The fourth-order valence-corrected chi connectivity index (χ4v) is 3.87. The maximum absolute atomic E-state index is 5.58. The molecule has 0 aliphatic carbocycles. The molecule has 0 unspecified atom stereocenters. The van der Waals surface area contributed by atoms with Gasteiger partial charge in [0.05, 0.1) is 13.7 Å². The molecule has 1 aliphatic rings. The van der Waals surface area contributed by atoms with Gasteiger partial charge in [0.1, 0.15) is 12.1 Å². The van der Waals surface area contributed by atoms with Crippen molar-refractivity contribution in [2.24, 2.45) is 0 Å². The molecule has 1 saturated heterocycles. The van der Waals surface area contributed by atoms with Gasteiger partial charge in [0, 0.05) is 24.2 Å². The van der Waals surface area contributed by atoms with E-state index < -0.39 is 0 Å². The number of rotatable bonds is 7. The predicted molar refractivity (Wildman–Crippen MR) is 121 cm³/mol. The molecule has 0 saturated carbocycles. The van der Waals surface area contributed by atoms with Gasteiger partial charge in [-0.1, -0.05) is 36.4 Å². The summed E-state index contributed by atoms with van der Waals surface area (Å²) in [6.07, 6.45) is 3.96. The molecule has 2 aromatic carbocycles. The Kier molecular flexibility index (Phi) is 9.52. The van der Waals surface area contributed by atoms with Crippen LogP contribution in [0.3, 0.4) is 0 Å². The number of piperidine rings is 1. The highest BCUT2D eigenvalue weighted by molar-refractivity contribution is 5.85. The number of hydrogen-bond acceptors (Lipinski definition) is 6. The van der Waals surface area contributed by atoms with E-state index in [0.717, 1.165) is 36.4 Å². The topological polar surface area (TPSA) is 76.9 Å². The van der Waals surface area contributed by atoms with Crippen LogP contribution < -0.4 is 15.4 Å². The lowest BCUT2D eigenvalue weighted by Crippen LogP contribution is -2.45. The normalized spacial score (nSPS) is 18.2. The predicted octanol–water partition coefficient (Wildman–Crippen LogP) is 3.16. The monoisotopic (exact) mass is 450 g/mol. The first-order chi connectivity index (χ1) is 13.8. The number of benzene rings is 2. The number of halogens is 2. The van der Waals surface area contributed by atoms with E-state index in [2.05, 4.69) is 68.6 Å². The van der Waals surface area contributed by atoms with Crippen molar-refractivity contribution in [3.05, 3.63) is 71.5 Å². The Bertz CT molecular complexity index is 878. The first kappa shape index (κ1) is 24.1. The summed E-state index contributed by atoms with van der Waals surface area (Å²) in [6, 6.07) is 17.6. The van der Waals surface area contributed by atoms with Crippen LogP contribution in [-0.4, -0.2) is 39.9 Å². The third-order valence-electron chi connectivity index (χ3n) is 5.25. The summed E-state index contributed by atoms with van der Waals surface area (Å²) in [7, 11) is 1.72. The number of aromatic nitrogens is 4. The standard InChI is InChI=1S/C21H26N6O.2ClH/c1-28-20-10-9-16(14-27-15-24-25-26-27)12-18(20)13-23-19-8-5-11-22-21(19)17-6-3-2-4-7-17;;/h2-4,6-7,9-10,12,15,19,21-23H,5,8,11,13-14H2,1H3;2*1H/t19-,21-;;/m0../s1. The molecular weight excluding hydrogens is 423 g/mol. The van der Waals surface area contributed by atoms with Crippen LogP contribution in [0.25, 0.3) is 0 Å². The van der Waals surface area contributed by atoms with E-state index in [0.29, 0.717) is 18.6 Å². The highest BCUT2D eigenvalue weighted by Gasteiger charge is 2.25. The van der Waals surface area contributed by atoms with Crippen LogP contribution in [-0.2, 0) is 13.1 Å². The fraction of sp³-hybridized carbons (Fsp3) is 0.381. The first-order valence-electron chi connectivity index (χ1n) is 9.72. The average molecular weight is 451 g/mol. The lowest BCUT2D eigenvalue weighted by Gasteiger charge is -2.34. The Hall–Kier alpha value is -2.19. The van der Waals surface area contributed by atoms with E-state index in [4.69, 9.17) is 4.74 Å². The maximum atomic E-state index is 5.58. The van der Waals surface area contributed by atoms with Crippen LogP contribution >= 0.6 is 24.8 Å². The highest BCUT2D eigenvalue weighted by atomic mass is 35.5. The van der Waals surface area contributed by atoms with Gasteiger partial charge in [0.25, 0.3) is 0 Å². The Morgan fingerprint density at radius 2 is 2.00 bits per heavy atom. The van der Waals surface area contributed by atoms with Gasteiger partial charge in [-0.05, 0) is 53.1 Å². The molecule has 7 nitrogen and oxygen atoms in total. The molecule has 1 aromatic heterocycles. The van der Waals surface area contributed by atoms with Gasteiger partial charge in [-0.15, -0.1) is 29.9 Å². The van der Waals surface area contributed by atoms with Crippen molar-refractivity contribution in [2.45, 2.75) is 38.0 Å². The van der Waals surface area contributed by atoms with Crippen molar-refractivity contribution < 1.29 is 4.74 Å². The number of nitrogens with zero attached hydrogens (tertiary/aromatic N) is 4. The molecular formula is C21H28Cl2N6O. The van der Waals surface area contributed by atoms with Crippen molar-refractivity contribution in [3.63, 3.8) is 0 Å². The lowest BCUT2D eigenvalue weighted by molar-refractivity contribution is 0.303. The second kappa shape index (κ2) is 11.9. The Labute approximate surface area is 189 Å². The number of nitrogens with one attached hydrogen (secondary N) is 2. The minimum atomic E-state index is 0. The van der Waals surface area contributed by atoms with Gasteiger partial charge in [0.2, 0.25) is 0 Å². The summed E-state index contributed by atoms with van der Waals surface area (Å²) in [5.74, 6) is 0.896. The van der Waals surface area contributed by atoms with Crippen molar-refractivity contribution >= 4 is 24.8 Å². The number of methoxy groups -OCH3 is 1. The summed E-state index contributed by atoms with van der Waals surface area (Å²) >= 11 is 0. The smallest absolute Gasteiger partial charge is 0.138 e. The number of hydrogen-bond donors (Lipinski definition) is 2. The van der Waals surface area contributed by atoms with Crippen LogP contribution in [0, 0.1) is 0 Å². The van der Waals surface area contributed by atoms with Gasteiger partial charge < -0.3 is 15.4 Å². The molecule has 1 aliphatic heterocycles. The quantitative estimate of drug-likeness (QED) is 0.575. The minimum Gasteiger partial charge on any atom is -0.496 e. The van der Waals surface area contributed by atoms with Crippen molar-refractivity contribution in [2.75, 3.05) is 13.7 Å². The van der Waals surface area contributed by atoms with E-state index in [1.165, 1.54) is 12.0 Å². The largest absolute Gasteiger partial charge is 0.496 e. The summed E-state index contributed by atoms with van der Waals surface area (Å²) in [5, 5.41) is 18.8. The van der Waals surface area contributed by atoms with Gasteiger partial charge in [0.15, 0.2) is 0 Å². The van der Waals surface area contributed by atoms with E-state index in [9.17, 15) is 0 Å². The third-order valence-corrected chi connectivity index (χ3v) is 5.25. The first-order valence-corrected chi connectivity index (χ1v) is 9.72. The van der Waals surface area contributed by atoms with Gasteiger partial charge in [-0.25, -0.2) is 4.68 Å². The molecule has 4 rings (SSSR count). The van der Waals surface area contributed by atoms with Crippen molar-refractivity contribution in [3.8, 4) is 5.75 Å². The second-order valence-corrected chi connectivity index (χ2v) is 7.13. The van der Waals surface area contributed by atoms with Crippen LogP contribution in [0.1, 0.15) is 35.6 Å². The van der Waals surface area contributed by atoms with Crippen LogP contribution in [0.5, 0.6) is 5.75 Å². The molecule has 2 N–H and O–H groups in total. The SMILES string of the molecule is COc1ccc(Cn2cnnn2)cc1CN[C@H]1CCCN[C@H]1c1ccccc1.Cl.Cl. The number of ether oxygens (including phenoxy) is 1. The molecule has 1 fully saturated rings. The van der Waals surface area contributed by atoms with E-state index in [-0.39, 0.29) is 24.8 Å². The second-order valence-electron chi connectivity index (χ2n) is 7.13. The molecule has 2 heterocycles. The Morgan fingerprint density at radius 3 is 2.73 bits per heavy atom. The molecule has 0 amide bonds. The lowest BCUT2D eigenvalue weighted by atomic mass is 9.92. The zero-order valence-corrected chi connectivity index (χ0v) is 18.5. The molecule has 9 heteroatoms. The Balaban J connectivity index is 0.00000160. The van der Waals surface area contributed by atoms with E-state index in [1.54, 1.807) is 18.1 Å². The molecule has 0 spiro atoms. The van der Waals surface area contributed by atoms with Crippen molar-refractivity contribution in [1.82, 2.24) is 30.8 Å². The van der Waals surface area contributed by atoms with Crippen LogP contribution in [0.2, 0.25) is 0 Å². The summed E-state index contributed by atoms with van der Waals surface area (Å²) in [6.45, 7) is 2.45. The summed E-state index contributed by atoms with van der Waals surface area (Å²) < 4.78 is 7.30. The zero-order chi connectivity index (χ0) is 19.2. The van der Waals surface area contributed by atoms with E-state index in [1.807, 2.05) is 6.07 Å². The maximum Gasteiger partial charge on any atom is 0.138 e. The molecule has 162 valence electrons. The Morgan fingerprint density at radius 1 is 1.17 bits per heavy atom. The van der Waals surface area contributed by atoms with Crippen molar-refractivity contribution in [1.29, 1.82) is 0 Å². The summed E-state index contributed by atoms with van der Waals surface area (Å²) in [4.78, 5) is 0. The third kappa shape index (κ3) is 5.92. The average Bonchev–Trinajstić information content (AvgIpc) is 3.26. The molecule has 2 atom stereocenters.